The van der Waals surface area contributed by atoms with Gasteiger partial charge in [0.15, 0.2) is 0 Å². The number of amides is 1. The molecule has 0 saturated carbocycles. The zero-order chi connectivity index (χ0) is 17.5. The van der Waals surface area contributed by atoms with Crippen LogP contribution in [0, 0.1) is 5.92 Å². The van der Waals surface area contributed by atoms with E-state index in [-0.39, 0.29) is 18.9 Å². The van der Waals surface area contributed by atoms with Crippen molar-refractivity contribution in [2.45, 2.75) is 33.6 Å². The highest BCUT2D eigenvalue weighted by atomic mass is 32.2. The third-order valence-electron chi connectivity index (χ3n) is 3.69. The molecule has 0 heterocycles. The number of para-hydroxylation sites is 1. The Morgan fingerprint density at radius 1 is 1.13 bits per heavy atom. The lowest BCUT2D eigenvalue weighted by atomic mass is 10.1. The van der Waals surface area contributed by atoms with Crippen molar-refractivity contribution >= 4 is 21.6 Å². The predicted octanol–water partition coefficient (Wildman–Crippen LogP) is 2.74. The standard InChI is InChI=1S/C17H28N2O3S/c1-5-19(16-9-7-6-8-10-16)17(20)12-14-18(23(4,21)22)13-11-15(2)3/h6-10,15H,5,11-14H2,1-4H3. The van der Waals surface area contributed by atoms with Gasteiger partial charge in [-0.05, 0) is 31.4 Å². The van der Waals surface area contributed by atoms with Crippen molar-refractivity contribution < 1.29 is 13.2 Å². The number of hydrogen-bond donors (Lipinski definition) is 0. The smallest absolute Gasteiger partial charge is 0.228 e. The molecule has 0 saturated heterocycles. The van der Waals surface area contributed by atoms with E-state index in [4.69, 9.17) is 0 Å². The predicted molar refractivity (Wildman–Crippen MR) is 95.0 cm³/mol. The summed E-state index contributed by atoms with van der Waals surface area (Å²) in [5.74, 6) is 0.364. The largest absolute Gasteiger partial charge is 0.313 e. The van der Waals surface area contributed by atoms with Crippen LogP contribution in [0.5, 0.6) is 0 Å². The summed E-state index contributed by atoms with van der Waals surface area (Å²) in [7, 11) is -3.29. The SMILES string of the molecule is CCN(C(=O)CCN(CCC(C)C)S(C)(=O)=O)c1ccccc1. The van der Waals surface area contributed by atoms with Gasteiger partial charge in [0, 0.05) is 31.7 Å². The Kier molecular flexibility index (Phi) is 7.72. The Labute approximate surface area is 140 Å². The van der Waals surface area contributed by atoms with Gasteiger partial charge in [-0.2, -0.15) is 0 Å². The molecule has 0 unspecified atom stereocenters. The molecule has 0 aromatic heterocycles. The summed E-state index contributed by atoms with van der Waals surface area (Å²) in [4.78, 5) is 14.1. The van der Waals surface area contributed by atoms with Crippen molar-refractivity contribution in [2.75, 3.05) is 30.8 Å². The average Bonchev–Trinajstić information content (AvgIpc) is 2.47. The van der Waals surface area contributed by atoms with E-state index >= 15 is 0 Å². The number of rotatable bonds is 9. The molecule has 23 heavy (non-hydrogen) atoms. The fourth-order valence-corrected chi connectivity index (χ4v) is 3.17. The van der Waals surface area contributed by atoms with Crippen LogP contribution in [0.4, 0.5) is 5.69 Å². The zero-order valence-electron chi connectivity index (χ0n) is 14.5. The third kappa shape index (κ3) is 6.71. The van der Waals surface area contributed by atoms with E-state index in [9.17, 15) is 13.2 Å². The highest BCUT2D eigenvalue weighted by Crippen LogP contribution is 2.15. The quantitative estimate of drug-likeness (QED) is 0.694. The molecule has 0 atom stereocenters. The van der Waals surface area contributed by atoms with Gasteiger partial charge >= 0.3 is 0 Å². The Balaban J connectivity index is 2.70. The molecule has 130 valence electrons. The van der Waals surface area contributed by atoms with Crippen LogP contribution >= 0.6 is 0 Å². The molecular formula is C17H28N2O3S. The summed E-state index contributed by atoms with van der Waals surface area (Å²) in [6.45, 7) is 7.28. The Hall–Kier alpha value is -1.40. The Bertz CT molecular complexity index is 585. The molecule has 0 aliphatic heterocycles. The summed E-state index contributed by atoms with van der Waals surface area (Å²) in [5.41, 5.74) is 0.841. The molecule has 1 rings (SSSR count). The Morgan fingerprint density at radius 3 is 2.22 bits per heavy atom. The first-order valence-electron chi connectivity index (χ1n) is 8.06. The van der Waals surface area contributed by atoms with E-state index in [1.54, 1.807) is 4.90 Å². The van der Waals surface area contributed by atoms with Crippen LogP contribution in [0.2, 0.25) is 0 Å². The second-order valence-corrected chi connectivity index (χ2v) is 8.05. The summed E-state index contributed by atoms with van der Waals surface area (Å²) >= 11 is 0. The molecule has 1 aromatic rings. The van der Waals surface area contributed by atoms with Crippen molar-refractivity contribution in [3.8, 4) is 0 Å². The molecule has 0 bridgehead atoms. The van der Waals surface area contributed by atoms with Gasteiger partial charge in [-0.3, -0.25) is 4.79 Å². The van der Waals surface area contributed by atoms with E-state index in [1.165, 1.54) is 10.6 Å². The molecule has 1 aromatic carbocycles. The van der Waals surface area contributed by atoms with Crippen molar-refractivity contribution in [3.63, 3.8) is 0 Å². The third-order valence-corrected chi connectivity index (χ3v) is 4.99. The summed E-state index contributed by atoms with van der Waals surface area (Å²) < 4.78 is 25.1. The van der Waals surface area contributed by atoms with Crippen LogP contribution in [0.25, 0.3) is 0 Å². The molecule has 6 heteroatoms. The lowest BCUT2D eigenvalue weighted by molar-refractivity contribution is -0.118. The second-order valence-electron chi connectivity index (χ2n) is 6.07. The molecule has 5 nitrogen and oxygen atoms in total. The van der Waals surface area contributed by atoms with Crippen LogP contribution in [0.3, 0.4) is 0 Å². The Morgan fingerprint density at radius 2 is 1.74 bits per heavy atom. The van der Waals surface area contributed by atoms with Crippen LogP contribution in [0.15, 0.2) is 30.3 Å². The van der Waals surface area contributed by atoms with Gasteiger partial charge in [-0.1, -0.05) is 32.0 Å². The molecule has 0 aliphatic rings. The lowest BCUT2D eigenvalue weighted by Gasteiger charge is -2.24. The molecule has 0 fully saturated rings. The number of benzene rings is 1. The van der Waals surface area contributed by atoms with E-state index in [1.807, 2.05) is 37.3 Å². The van der Waals surface area contributed by atoms with Gasteiger partial charge in [0.2, 0.25) is 15.9 Å². The van der Waals surface area contributed by atoms with Crippen LogP contribution < -0.4 is 4.90 Å². The fraction of sp³-hybridized carbons (Fsp3) is 0.588. The minimum atomic E-state index is -3.29. The van der Waals surface area contributed by atoms with Crippen molar-refractivity contribution in [1.29, 1.82) is 0 Å². The van der Waals surface area contributed by atoms with Gasteiger partial charge in [0.05, 0.1) is 6.26 Å². The van der Waals surface area contributed by atoms with E-state index in [0.29, 0.717) is 19.0 Å². The lowest BCUT2D eigenvalue weighted by Crippen LogP contribution is -2.37. The first-order chi connectivity index (χ1) is 10.8. The zero-order valence-corrected chi connectivity index (χ0v) is 15.3. The topological polar surface area (TPSA) is 57.7 Å². The number of hydrogen-bond acceptors (Lipinski definition) is 3. The monoisotopic (exact) mass is 340 g/mol. The molecular weight excluding hydrogens is 312 g/mol. The van der Waals surface area contributed by atoms with Crippen molar-refractivity contribution in [2.24, 2.45) is 5.92 Å². The maximum atomic E-state index is 12.4. The molecule has 0 radical (unpaired) electrons. The first-order valence-corrected chi connectivity index (χ1v) is 9.91. The maximum absolute atomic E-state index is 12.4. The number of anilines is 1. The highest BCUT2D eigenvalue weighted by Gasteiger charge is 2.20. The number of carbonyl (C=O) groups is 1. The summed E-state index contributed by atoms with van der Waals surface area (Å²) in [6, 6.07) is 9.44. The highest BCUT2D eigenvalue weighted by molar-refractivity contribution is 7.88. The normalized spacial score (nSPS) is 11.9. The van der Waals surface area contributed by atoms with Crippen molar-refractivity contribution in [3.05, 3.63) is 30.3 Å². The number of nitrogens with zero attached hydrogens (tertiary/aromatic N) is 2. The molecule has 0 aliphatic carbocycles. The van der Waals surface area contributed by atoms with Gasteiger partial charge < -0.3 is 4.90 Å². The fourth-order valence-electron chi connectivity index (χ4n) is 2.31. The minimum absolute atomic E-state index is 0.0584. The van der Waals surface area contributed by atoms with Crippen LogP contribution in [-0.4, -0.2) is 44.5 Å². The average molecular weight is 340 g/mol. The van der Waals surface area contributed by atoms with E-state index in [2.05, 4.69) is 13.8 Å². The molecule has 1 amide bonds. The molecule has 0 N–H and O–H groups in total. The number of sulfonamides is 1. The van der Waals surface area contributed by atoms with Gasteiger partial charge in [-0.25, -0.2) is 12.7 Å². The second kappa shape index (κ2) is 9.03. The van der Waals surface area contributed by atoms with Gasteiger partial charge in [-0.15, -0.1) is 0 Å². The summed E-state index contributed by atoms with van der Waals surface area (Å²) in [5, 5.41) is 0. The summed E-state index contributed by atoms with van der Waals surface area (Å²) in [6.07, 6.45) is 2.18. The van der Waals surface area contributed by atoms with Crippen LogP contribution in [-0.2, 0) is 14.8 Å². The van der Waals surface area contributed by atoms with Gasteiger partial charge in [0.1, 0.15) is 0 Å². The van der Waals surface area contributed by atoms with Gasteiger partial charge in [0.25, 0.3) is 0 Å². The number of carbonyl (C=O) groups excluding carboxylic acids is 1. The van der Waals surface area contributed by atoms with Crippen molar-refractivity contribution in [1.82, 2.24) is 4.31 Å². The first kappa shape index (κ1) is 19.6. The molecule has 0 spiro atoms. The maximum Gasteiger partial charge on any atom is 0.228 e. The van der Waals surface area contributed by atoms with E-state index in [0.717, 1.165) is 12.1 Å². The van der Waals surface area contributed by atoms with Crippen LogP contribution in [0.1, 0.15) is 33.6 Å². The van der Waals surface area contributed by atoms with E-state index < -0.39 is 10.0 Å². The minimum Gasteiger partial charge on any atom is -0.313 e.